The first-order chi connectivity index (χ1) is 10.7. The average Bonchev–Trinajstić information content (AvgIpc) is 3.15. The first kappa shape index (κ1) is 13.9. The van der Waals surface area contributed by atoms with Gasteiger partial charge in [-0.1, -0.05) is 6.42 Å². The molecule has 4 rings (SSSR count). The minimum absolute atomic E-state index is 0.0799. The number of amides is 1. The van der Waals surface area contributed by atoms with Crippen molar-refractivity contribution in [1.29, 1.82) is 0 Å². The normalized spacial score (nSPS) is 25.4. The summed E-state index contributed by atoms with van der Waals surface area (Å²) in [7, 11) is 0. The summed E-state index contributed by atoms with van der Waals surface area (Å²) in [4.78, 5) is 12.1. The topological polar surface area (TPSA) is 56.8 Å². The van der Waals surface area contributed by atoms with Crippen LogP contribution in [-0.2, 0) is 9.53 Å². The van der Waals surface area contributed by atoms with Crippen LogP contribution in [0.1, 0.15) is 44.9 Å². The number of benzene rings is 1. The van der Waals surface area contributed by atoms with E-state index in [1.54, 1.807) is 0 Å². The summed E-state index contributed by atoms with van der Waals surface area (Å²) in [6.07, 6.45) is 6.79. The highest BCUT2D eigenvalue weighted by molar-refractivity contribution is 5.94. The van der Waals surface area contributed by atoms with Gasteiger partial charge in [-0.3, -0.25) is 4.79 Å². The maximum Gasteiger partial charge on any atom is 0.253 e. The van der Waals surface area contributed by atoms with Crippen LogP contribution in [0.25, 0.3) is 0 Å². The molecule has 2 aliphatic heterocycles. The van der Waals surface area contributed by atoms with Crippen molar-refractivity contribution in [3.8, 4) is 11.5 Å². The third-order valence-electron chi connectivity index (χ3n) is 4.64. The Morgan fingerprint density at radius 1 is 1.09 bits per heavy atom. The van der Waals surface area contributed by atoms with Gasteiger partial charge in [-0.2, -0.15) is 0 Å². The zero-order chi connectivity index (χ0) is 15.0. The second-order valence-electron chi connectivity index (χ2n) is 6.33. The first-order valence-corrected chi connectivity index (χ1v) is 8.19. The van der Waals surface area contributed by atoms with E-state index in [1.807, 2.05) is 18.2 Å². The average molecular weight is 303 g/mol. The summed E-state index contributed by atoms with van der Waals surface area (Å²) >= 11 is 0. The first-order valence-electron chi connectivity index (χ1n) is 8.19. The third-order valence-corrected chi connectivity index (χ3v) is 4.64. The van der Waals surface area contributed by atoms with E-state index in [2.05, 4.69) is 5.32 Å². The zero-order valence-corrected chi connectivity index (χ0v) is 12.6. The van der Waals surface area contributed by atoms with Gasteiger partial charge in [0.1, 0.15) is 6.10 Å². The van der Waals surface area contributed by atoms with Gasteiger partial charge in [0.15, 0.2) is 11.5 Å². The molecule has 5 nitrogen and oxygen atoms in total. The van der Waals surface area contributed by atoms with Gasteiger partial charge in [-0.05, 0) is 37.8 Å². The molecule has 2 fully saturated rings. The largest absolute Gasteiger partial charge is 0.448 e. The van der Waals surface area contributed by atoms with Crippen molar-refractivity contribution in [2.75, 3.05) is 11.9 Å². The molecule has 1 aliphatic carbocycles. The fourth-order valence-electron chi connectivity index (χ4n) is 3.47. The molecule has 1 amide bonds. The predicted molar refractivity (Wildman–Crippen MR) is 81.1 cm³/mol. The van der Waals surface area contributed by atoms with E-state index >= 15 is 0 Å². The number of ether oxygens (including phenoxy) is 3. The van der Waals surface area contributed by atoms with Crippen LogP contribution in [0.2, 0.25) is 0 Å². The molecule has 0 bridgehead atoms. The van der Waals surface area contributed by atoms with Crippen LogP contribution in [0.4, 0.5) is 5.69 Å². The van der Waals surface area contributed by atoms with E-state index in [9.17, 15) is 4.79 Å². The number of carbonyl (C=O) groups excluding carboxylic acids is 1. The van der Waals surface area contributed by atoms with Crippen LogP contribution >= 0.6 is 0 Å². The number of rotatable bonds is 2. The second kappa shape index (κ2) is 5.47. The predicted octanol–water partition coefficient (Wildman–Crippen LogP) is 3.24. The maximum absolute atomic E-state index is 12.1. The molecule has 118 valence electrons. The van der Waals surface area contributed by atoms with E-state index in [4.69, 9.17) is 14.2 Å². The van der Waals surface area contributed by atoms with Crippen molar-refractivity contribution < 1.29 is 19.0 Å². The molecule has 1 saturated heterocycles. The van der Waals surface area contributed by atoms with E-state index in [0.29, 0.717) is 6.61 Å². The zero-order valence-electron chi connectivity index (χ0n) is 12.6. The summed E-state index contributed by atoms with van der Waals surface area (Å²) in [5.74, 6) is 0.949. The van der Waals surface area contributed by atoms with Crippen molar-refractivity contribution in [1.82, 2.24) is 0 Å². The highest BCUT2D eigenvalue weighted by Crippen LogP contribution is 2.46. The molecule has 3 aliphatic rings. The summed E-state index contributed by atoms with van der Waals surface area (Å²) in [5, 5.41) is 2.91. The van der Waals surface area contributed by atoms with E-state index < -0.39 is 5.79 Å². The second-order valence-corrected chi connectivity index (χ2v) is 6.33. The van der Waals surface area contributed by atoms with Gasteiger partial charge < -0.3 is 19.5 Å². The Hall–Kier alpha value is -1.75. The van der Waals surface area contributed by atoms with Gasteiger partial charge in [0, 0.05) is 31.2 Å². The monoisotopic (exact) mass is 303 g/mol. The highest BCUT2D eigenvalue weighted by atomic mass is 16.7. The Bertz CT molecular complexity index is 574. The van der Waals surface area contributed by atoms with Crippen molar-refractivity contribution in [3.05, 3.63) is 18.2 Å². The molecule has 1 spiro atoms. The number of hydrogen-bond acceptors (Lipinski definition) is 4. The van der Waals surface area contributed by atoms with Crippen LogP contribution in [0, 0.1) is 0 Å². The molecule has 0 radical (unpaired) electrons. The lowest BCUT2D eigenvalue weighted by atomic mass is 9.94. The van der Waals surface area contributed by atoms with E-state index in [1.165, 1.54) is 6.42 Å². The molecule has 5 heteroatoms. The van der Waals surface area contributed by atoms with Gasteiger partial charge in [0.05, 0.1) is 0 Å². The van der Waals surface area contributed by atoms with Gasteiger partial charge in [0.2, 0.25) is 0 Å². The standard InChI is InChI=1S/C17H21NO4/c19-16(14-5-4-10-20-14)18-12-6-7-13-15(11-12)22-17(21-13)8-2-1-3-9-17/h6-7,11,14H,1-5,8-10H2,(H,18,19). The molecule has 0 aromatic heterocycles. The van der Waals surface area contributed by atoms with Crippen molar-refractivity contribution in [2.45, 2.75) is 56.8 Å². The Balaban J connectivity index is 1.47. The SMILES string of the molecule is O=C(Nc1ccc2c(c1)OC1(CCCCC1)O2)C1CCCO1. The highest BCUT2D eigenvalue weighted by Gasteiger charge is 2.42. The van der Waals surface area contributed by atoms with Crippen LogP contribution in [0.15, 0.2) is 18.2 Å². The lowest BCUT2D eigenvalue weighted by Crippen LogP contribution is -2.40. The van der Waals surface area contributed by atoms with Crippen molar-refractivity contribution in [2.24, 2.45) is 0 Å². The molecule has 2 heterocycles. The maximum atomic E-state index is 12.1. The van der Waals surface area contributed by atoms with Crippen molar-refractivity contribution >= 4 is 11.6 Å². The summed E-state index contributed by atoms with van der Waals surface area (Å²) in [6, 6.07) is 5.59. The third kappa shape index (κ3) is 2.54. The lowest BCUT2D eigenvalue weighted by Gasteiger charge is -2.31. The van der Waals surface area contributed by atoms with Crippen LogP contribution in [0.3, 0.4) is 0 Å². The van der Waals surface area contributed by atoms with Crippen LogP contribution in [0.5, 0.6) is 11.5 Å². The van der Waals surface area contributed by atoms with Gasteiger partial charge in [-0.25, -0.2) is 0 Å². The molecular weight excluding hydrogens is 282 g/mol. The van der Waals surface area contributed by atoms with Gasteiger partial charge >= 0.3 is 0 Å². The Kier molecular flexibility index (Phi) is 3.45. The smallest absolute Gasteiger partial charge is 0.253 e. The molecule has 22 heavy (non-hydrogen) atoms. The number of nitrogens with one attached hydrogen (secondary N) is 1. The number of anilines is 1. The van der Waals surface area contributed by atoms with Crippen LogP contribution < -0.4 is 14.8 Å². The van der Waals surface area contributed by atoms with Gasteiger partial charge in [-0.15, -0.1) is 0 Å². The van der Waals surface area contributed by atoms with E-state index in [-0.39, 0.29) is 12.0 Å². The van der Waals surface area contributed by atoms with E-state index in [0.717, 1.165) is 55.7 Å². The molecule has 1 N–H and O–H groups in total. The summed E-state index contributed by atoms with van der Waals surface area (Å²) in [5.41, 5.74) is 0.732. The summed E-state index contributed by atoms with van der Waals surface area (Å²) < 4.78 is 17.5. The number of fused-ring (bicyclic) bond motifs is 1. The van der Waals surface area contributed by atoms with Crippen molar-refractivity contribution in [3.63, 3.8) is 0 Å². The molecule has 1 unspecified atom stereocenters. The Morgan fingerprint density at radius 2 is 1.91 bits per heavy atom. The number of hydrogen-bond donors (Lipinski definition) is 1. The fourth-order valence-corrected chi connectivity index (χ4v) is 3.47. The fraction of sp³-hybridized carbons (Fsp3) is 0.588. The Morgan fingerprint density at radius 3 is 2.68 bits per heavy atom. The Labute approximate surface area is 129 Å². The lowest BCUT2D eigenvalue weighted by molar-refractivity contribution is -0.124. The molecule has 1 aromatic carbocycles. The minimum Gasteiger partial charge on any atom is -0.448 e. The van der Waals surface area contributed by atoms with Gasteiger partial charge in [0.25, 0.3) is 11.7 Å². The van der Waals surface area contributed by atoms with Crippen LogP contribution in [-0.4, -0.2) is 24.4 Å². The molecule has 1 aromatic rings. The molecular formula is C17H21NO4. The number of carbonyl (C=O) groups is 1. The molecule has 1 saturated carbocycles. The minimum atomic E-state index is -0.474. The quantitative estimate of drug-likeness (QED) is 0.911. The molecule has 1 atom stereocenters. The summed E-state index contributed by atoms with van der Waals surface area (Å²) in [6.45, 7) is 0.668.